The number of aliphatic hydroxyl groups is 1. The Morgan fingerprint density at radius 3 is 2.51 bits per heavy atom. The molecule has 4 heterocycles. The quantitative estimate of drug-likeness (QED) is 0.459. The molecular formula is C24H30N6O5. The lowest BCUT2D eigenvalue weighted by Gasteiger charge is -2.28. The lowest BCUT2D eigenvalue weighted by atomic mass is 10.2. The summed E-state index contributed by atoms with van der Waals surface area (Å²) in [7, 11) is 0. The van der Waals surface area contributed by atoms with Gasteiger partial charge >= 0.3 is 0 Å². The molecule has 2 fully saturated rings. The molecule has 0 spiro atoms. The molecule has 3 N–H and O–H groups in total. The Bertz CT molecular complexity index is 1170. The average Bonchev–Trinajstić information content (AvgIpc) is 3.18. The minimum absolute atomic E-state index is 0.0500. The number of aromatic amines is 1. The van der Waals surface area contributed by atoms with E-state index in [0.29, 0.717) is 48.2 Å². The van der Waals surface area contributed by atoms with E-state index in [9.17, 15) is 4.79 Å². The lowest BCUT2D eigenvalue weighted by molar-refractivity contribution is -0.152. The summed E-state index contributed by atoms with van der Waals surface area (Å²) in [6.07, 6.45) is 5.71. The molecule has 186 valence electrons. The molecule has 11 nitrogen and oxygen atoms in total. The van der Waals surface area contributed by atoms with Crippen LogP contribution in [0.2, 0.25) is 0 Å². The molecule has 0 bridgehead atoms. The van der Waals surface area contributed by atoms with Crippen molar-refractivity contribution in [3.05, 3.63) is 40.8 Å². The first-order chi connectivity index (χ1) is 17.2. The standard InChI is InChI=1S/C24H30N6O5/c31-12-18-13-35-19(15-34-18)14-33-17-7-5-16(6-8-17)26-22-21-20(11-25-29-23(21)32)27-24(28-22)30-9-3-1-2-4-10-30/h5-8,11,18-19,31H,1-4,9-10,12-15H2,(H,29,32)(H,26,27,28)/t18-,19+/m0/s1. The molecule has 5 rings (SSSR count). The zero-order valence-corrected chi connectivity index (χ0v) is 19.5. The number of benzene rings is 1. The van der Waals surface area contributed by atoms with E-state index in [1.807, 2.05) is 24.3 Å². The summed E-state index contributed by atoms with van der Waals surface area (Å²) in [6, 6.07) is 7.41. The number of anilines is 3. The van der Waals surface area contributed by atoms with E-state index in [1.165, 1.54) is 12.8 Å². The molecule has 2 aliphatic rings. The Kier molecular flexibility index (Phi) is 7.36. The van der Waals surface area contributed by atoms with E-state index < -0.39 is 0 Å². The zero-order valence-electron chi connectivity index (χ0n) is 19.5. The van der Waals surface area contributed by atoms with Gasteiger partial charge in [-0.3, -0.25) is 4.79 Å². The molecule has 11 heteroatoms. The number of fused-ring (bicyclic) bond motifs is 1. The number of nitrogens with zero attached hydrogens (tertiary/aromatic N) is 4. The number of aliphatic hydroxyl groups excluding tert-OH is 1. The topological polar surface area (TPSA) is 135 Å². The third kappa shape index (κ3) is 5.69. The highest BCUT2D eigenvalue weighted by molar-refractivity contribution is 5.90. The van der Waals surface area contributed by atoms with E-state index in [4.69, 9.17) is 24.3 Å². The Hall–Kier alpha value is -3.28. The van der Waals surface area contributed by atoms with E-state index >= 15 is 0 Å². The van der Waals surface area contributed by atoms with Crippen LogP contribution in [0, 0.1) is 0 Å². The maximum absolute atomic E-state index is 12.6. The van der Waals surface area contributed by atoms with Gasteiger partial charge < -0.3 is 29.5 Å². The fourth-order valence-corrected chi connectivity index (χ4v) is 4.24. The smallest absolute Gasteiger partial charge is 0.277 e. The van der Waals surface area contributed by atoms with Crippen molar-refractivity contribution in [1.82, 2.24) is 20.2 Å². The second kappa shape index (κ2) is 11.0. The molecule has 2 atom stereocenters. The van der Waals surface area contributed by atoms with Gasteiger partial charge in [-0.2, -0.15) is 10.1 Å². The van der Waals surface area contributed by atoms with Gasteiger partial charge in [0.2, 0.25) is 5.95 Å². The third-order valence-electron chi connectivity index (χ3n) is 6.19. The zero-order chi connectivity index (χ0) is 24.0. The van der Waals surface area contributed by atoms with Crippen LogP contribution in [0.15, 0.2) is 35.3 Å². The highest BCUT2D eigenvalue weighted by Crippen LogP contribution is 2.26. The van der Waals surface area contributed by atoms with Crippen LogP contribution in [0.5, 0.6) is 5.75 Å². The van der Waals surface area contributed by atoms with Gasteiger partial charge in [-0.1, -0.05) is 12.8 Å². The normalized spacial score (nSPS) is 21.0. The fraction of sp³-hybridized carbons (Fsp3) is 0.500. The lowest BCUT2D eigenvalue weighted by Crippen LogP contribution is -2.40. The summed E-state index contributed by atoms with van der Waals surface area (Å²) in [5.74, 6) is 1.73. The molecule has 2 aliphatic heterocycles. The Morgan fingerprint density at radius 2 is 1.80 bits per heavy atom. The first kappa shape index (κ1) is 23.5. The van der Waals surface area contributed by atoms with Gasteiger partial charge in [0.1, 0.15) is 41.3 Å². The molecule has 2 aromatic heterocycles. The van der Waals surface area contributed by atoms with Crippen LogP contribution in [-0.4, -0.2) is 77.0 Å². The van der Waals surface area contributed by atoms with Gasteiger partial charge in [0.25, 0.3) is 5.56 Å². The van der Waals surface area contributed by atoms with E-state index in [1.54, 1.807) is 6.20 Å². The number of H-pyrrole nitrogens is 1. The summed E-state index contributed by atoms with van der Waals surface area (Å²) in [4.78, 5) is 24.1. The molecule has 0 amide bonds. The maximum atomic E-state index is 12.6. The van der Waals surface area contributed by atoms with Crippen molar-refractivity contribution >= 4 is 28.4 Å². The van der Waals surface area contributed by atoms with E-state index in [2.05, 4.69) is 25.4 Å². The highest BCUT2D eigenvalue weighted by Gasteiger charge is 2.22. The molecule has 0 unspecified atom stereocenters. The van der Waals surface area contributed by atoms with Crippen molar-refractivity contribution < 1.29 is 19.3 Å². The monoisotopic (exact) mass is 482 g/mol. The summed E-state index contributed by atoms with van der Waals surface area (Å²) in [5, 5.41) is 19.2. The van der Waals surface area contributed by atoms with E-state index in [-0.39, 0.29) is 24.4 Å². The SMILES string of the molecule is O=c1[nH]ncc2nc(N3CCCCCC3)nc(Nc3ccc(OC[C@@H]4CO[C@@H](CO)CO4)cc3)c12. The second-order valence-corrected chi connectivity index (χ2v) is 8.79. The number of nitrogens with one attached hydrogen (secondary N) is 2. The van der Waals surface area contributed by atoms with Gasteiger partial charge in [-0.15, -0.1) is 0 Å². The first-order valence-electron chi connectivity index (χ1n) is 12.0. The largest absolute Gasteiger partial charge is 0.491 e. The van der Waals surface area contributed by atoms with Crippen molar-refractivity contribution in [2.75, 3.05) is 49.7 Å². The molecule has 1 aromatic carbocycles. The Labute approximate surface area is 202 Å². The molecule has 35 heavy (non-hydrogen) atoms. The number of rotatable bonds is 7. The average molecular weight is 483 g/mol. The minimum atomic E-state index is -0.342. The predicted octanol–water partition coefficient (Wildman–Crippen LogP) is 1.99. The third-order valence-corrected chi connectivity index (χ3v) is 6.19. The maximum Gasteiger partial charge on any atom is 0.277 e. The number of ether oxygens (including phenoxy) is 3. The van der Waals surface area contributed by atoms with Crippen LogP contribution >= 0.6 is 0 Å². The van der Waals surface area contributed by atoms with Crippen LogP contribution in [0.3, 0.4) is 0 Å². The van der Waals surface area contributed by atoms with Gasteiger partial charge in [0, 0.05) is 18.8 Å². The van der Waals surface area contributed by atoms with Crippen molar-refractivity contribution in [1.29, 1.82) is 0 Å². The summed E-state index contributed by atoms with van der Waals surface area (Å²) in [6.45, 7) is 2.82. The highest BCUT2D eigenvalue weighted by atomic mass is 16.6. The summed E-state index contributed by atoms with van der Waals surface area (Å²) < 4.78 is 17.0. The number of hydrogen-bond donors (Lipinski definition) is 3. The van der Waals surface area contributed by atoms with Crippen LogP contribution < -0.4 is 20.5 Å². The number of aromatic nitrogens is 4. The van der Waals surface area contributed by atoms with Gasteiger partial charge in [-0.05, 0) is 37.1 Å². The summed E-state index contributed by atoms with van der Waals surface area (Å²) in [5.41, 5.74) is 0.924. The fourth-order valence-electron chi connectivity index (χ4n) is 4.24. The Morgan fingerprint density at radius 1 is 1.06 bits per heavy atom. The predicted molar refractivity (Wildman–Crippen MR) is 130 cm³/mol. The number of hydrogen-bond acceptors (Lipinski definition) is 10. The molecule has 0 saturated carbocycles. The molecule has 0 radical (unpaired) electrons. The van der Waals surface area contributed by atoms with Crippen molar-refractivity contribution in [3.8, 4) is 5.75 Å². The van der Waals surface area contributed by atoms with Crippen LogP contribution in [0.25, 0.3) is 10.9 Å². The van der Waals surface area contributed by atoms with Gasteiger partial charge in [0.05, 0.1) is 26.0 Å². The molecule has 2 saturated heterocycles. The summed E-state index contributed by atoms with van der Waals surface area (Å²) >= 11 is 0. The Balaban J connectivity index is 1.30. The van der Waals surface area contributed by atoms with Gasteiger partial charge in [-0.25, -0.2) is 10.1 Å². The van der Waals surface area contributed by atoms with Crippen molar-refractivity contribution in [2.24, 2.45) is 0 Å². The first-order valence-corrected chi connectivity index (χ1v) is 12.0. The molecule has 0 aliphatic carbocycles. The van der Waals surface area contributed by atoms with Crippen LogP contribution in [-0.2, 0) is 9.47 Å². The van der Waals surface area contributed by atoms with Gasteiger partial charge in [0.15, 0.2) is 0 Å². The van der Waals surface area contributed by atoms with Crippen LogP contribution in [0.1, 0.15) is 25.7 Å². The molecule has 3 aromatic rings. The van der Waals surface area contributed by atoms with Crippen LogP contribution in [0.4, 0.5) is 17.5 Å². The second-order valence-electron chi connectivity index (χ2n) is 8.79. The van der Waals surface area contributed by atoms with Crippen molar-refractivity contribution in [3.63, 3.8) is 0 Å². The molecular weight excluding hydrogens is 452 g/mol. The minimum Gasteiger partial charge on any atom is -0.491 e. The van der Waals surface area contributed by atoms with E-state index in [0.717, 1.165) is 31.6 Å². The van der Waals surface area contributed by atoms with Crippen molar-refractivity contribution in [2.45, 2.75) is 37.9 Å².